The molecular formula is C12H12N2O4S. The van der Waals surface area contributed by atoms with Crippen LogP contribution >= 0.6 is 11.3 Å². The molecule has 0 atom stereocenters. The molecule has 0 N–H and O–H groups in total. The highest BCUT2D eigenvalue weighted by molar-refractivity contribution is 7.14. The maximum absolute atomic E-state index is 11.4. The molecular weight excluding hydrogens is 268 g/mol. The molecule has 0 fully saturated rings. The molecule has 0 aliphatic carbocycles. The lowest BCUT2D eigenvalue weighted by molar-refractivity contribution is 0.0525. The summed E-state index contributed by atoms with van der Waals surface area (Å²) in [6, 6.07) is 7.15. The van der Waals surface area contributed by atoms with Gasteiger partial charge in [0.25, 0.3) is 5.19 Å². The predicted molar refractivity (Wildman–Crippen MR) is 68.9 cm³/mol. The van der Waals surface area contributed by atoms with Crippen LogP contribution in [0.5, 0.6) is 16.7 Å². The van der Waals surface area contributed by atoms with Gasteiger partial charge in [0.1, 0.15) is 0 Å². The van der Waals surface area contributed by atoms with Gasteiger partial charge in [0.2, 0.25) is 5.01 Å². The molecule has 0 saturated carbocycles. The van der Waals surface area contributed by atoms with E-state index in [1.165, 1.54) is 0 Å². The summed E-state index contributed by atoms with van der Waals surface area (Å²) in [7, 11) is 1.55. The first kappa shape index (κ1) is 13.3. The Hall–Kier alpha value is -2.15. The van der Waals surface area contributed by atoms with Crippen molar-refractivity contribution >= 4 is 17.3 Å². The predicted octanol–water partition coefficient (Wildman–Crippen LogP) is 2.52. The van der Waals surface area contributed by atoms with Gasteiger partial charge in [0, 0.05) is 0 Å². The minimum atomic E-state index is -0.505. The number of hydrogen-bond donors (Lipinski definition) is 0. The minimum Gasteiger partial charge on any atom is -0.493 e. The zero-order chi connectivity index (χ0) is 13.7. The Labute approximate surface area is 113 Å². The van der Waals surface area contributed by atoms with Crippen molar-refractivity contribution in [2.75, 3.05) is 13.7 Å². The van der Waals surface area contributed by atoms with Crippen LogP contribution in [0.4, 0.5) is 0 Å². The standard InChI is InChI=1S/C12H12N2O4S/c1-3-17-11(15)10-13-14-12(19-10)18-9-7-5-4-6-8(9)16-2/h4-7H,3H2,1-2H3. The smallest absolute Gasteiger partial charge is 0.369 e. The topological polar surface area (TPSA) is 70.5 Å². The minimum absolute atomic E-state index is 0.159. The van der Waals surface area contributed by atoms with Gasteiger partial charge in [-0.1, -0.05) is 17.2 Å². The molecule has 1 aromatic heterocycles. The van der Waals surface area contributed by atoms with Crippen molar-refractivity contribution in [1.29, 1.82) is 0 Å². The summed E-state index contributed by atoms with van der Waals surface area (Å²) in [5.41, 5.74) is 0. The van der Waals surface area contributed by atoms with Gasteiger partial charge in [-0.3, -0.25) is 0 Å². The molecule has 0 amide bonds. The first-order valence-electron chi connectivity index (χ1n) is 5.56. The molecule has 0 aliphatic rings. The molecule has 0 saturated heterocycles. The number of carbonyl (C=O) groups is 1. The van der Waals surface area contributed by atoms with Gasteiger partial charge < -0.3 is 14.2 Å². The van der Waals surface area contributed by atoms with E-state index in [9.17, 15) is 4.79 Å². The third-order valence-corrected chi connectivity index (χ3v) is 2.90. The summed E-state index contributed by atoms with van der Waals surface area (Å²) in [5, 5.41) is 7.91. The van der Waals surface area contributed by atoms with Gasteiger partial charge in [-0.2, -0.15) is 0 Å². The van der Waals surface area contributed by atoms with Crippen molar-refractivity contribution < 1.29 is 19.0 Å². The average Bonchev–Trinajstić information content (AvgIpc) is 2.88. The number of carbonyl (C=O) groups excluding carboxylic acids is 1. The van der Waals surface area contributed by atoms with Crippen LogP contribution in [0.25, 0.3) is 0 Å². The fraction of sp³-hybridized carbons (Fsp3) is 0.250. The molecule has 0 spiro atoms. The zero-order valence-electron chi connectivity index (χ0n) is 10.5. The molecule has 19 heavy (non-hydrogen) atoms. The fourth-order valence-corrected chi connectivity index (χ4v) is 1.93. The van der Waals surface area contributed by atoms with E-state index in [4.69, 9.17) is 14.2 Å². The molecule has 0 aliphatic heterocycles. The van der Waals surface area contributed by atoms with E-state index in [-0.39, 0.29) is 10.2 Å². The highest BCUT2D eigenvalue weighted by Crippen LogP contribution is 2.32. The summed E-state index contributed by atoms with van der Waals surface area (Å²) in [6.07, 6.45) is 0. The highest BCUT2D eigenvalue weighted by Gasteiger charge is 2.15. The summed E-state index contributed by atoms with van der Waals surface area (Å²) < 4.78 is 15.5. The van der Waals surface area contributed by atoms with Gasteiger partial charge in [0.05, 0.1) is 13.7 Å². The van der Waals surface area contributed by atoms with Crippen LogP contribution in [-0.4, -0.2) is 29.9 Å². The molecule has 2 rings (SSSR count). The Bertz CT molecular complexity index is 570. The van der Waals surface area contributed by atoms with Gasteiger partial charge in [-0.25, -0.2) is 4.79 Å². The van der Waals surface area contributed by atoms with Crippen LogP contribution in [0.3, 0.4) is 0 Å². The number of esters is 1. The van der Waals surface area contributed by atoms with Crippen molar-refractivity contribution in [2.45, 2.75) is 6.92 Å². The number of benzene rings is 1. The number of nitrogens with zero attached hydrogens (tertiary/aromatic N) is 2. The maximum atomic E-state index is 11.4. The van der Waals surface area contributed by atoms with Crippen LogP contribution in [0.1, 0.15) is 16.7 Å². The van der Waals surface area contributed by atoms with Crippen molar-refractivity contribution in [2.24, 2.45) is 0 Å². The highest BCUT2D eigenvalue weighted by atomic mass is 32.1. The Morgan fingerprint density at radius 1 is 1.26 bits per heavy atom. The summed E-state index contributed by atoms with van der Waals surface area (Å²) in [6.45, 7) is 2.02. The van der Waals surface area contributed by atoms with Crippen LogP contribution in [0.15, 0.2) is 24.3 Å². The number of methoxy groups -OCH3 is 1. The van der Waals surface area contributed by atoms with Crippen molar-refractivity contribution in [3.63, 3.8) is 0 Å². The average molecular weight is 280 g/mol. The lowest BCUT2D eigenvalue weighted by atomic mass is 10.3. The van der Waals surface area contributed by atoms with Crippen molar-refractivity contribution in [3.05, 3.63) is 29.3 Å². The second kappa shape index (κ2) is 6.14. The largest absolute Gasteiger partial charge is 0.493 e. The molecule has 2 aromatic rings. The zero-order valence-corrected chi connectivity index (χ0v) is 11.3. The van der Waals surface area contributed by atoms with Gasteiger partial charge >= 0.3 is 5.97 Å². The Morgan fingerprint density at radius 2 is 2.00 bits per heavy atom. The Balaban J connectivity index is 2.13. The van der Waals surface area contributed by atoms with Gasteiger partial charge in [0.15, 0.2) is 11.5 Å². The van der Waals surface area contributed by atoms with Crippen LogP contribution in [-0.2, 0) is 4.74 Å². The molecule has 6 nitrogen and oxygen atoms in total. The first-order valence-corrected chi connectivity index (χ1v) is 6.37. The SMILES string of the molecule is CCOC(=O)c1nnc(Oc2ccccc2OC)s1. The van der Waals surface area contributed by atoms with E-state index in [1.807, 2.05) is 12.1 Å². The maximum Gasteiger partial charge on any atom is 0.369 e. The lowest BCUT2D eigenvalue weighted by Crippen LogP contribution is -2.03. The van der Waals surface area contributed by atoms with Crippen LogP contribution in [0, 0.1) is 0 Å². The first-order chi connectivity index (χ1) is 9.24. The van der Waals surface area contributed by atoms with Gasteiger partial charge in [-0.05, 0) is 30.4 Å². The molecule has 1 aromatic carbocycles. The van der Waals surface area contributed by atoms with E-state index < -0.39 is 5.97 Å². The van der Waals surface area contributed by atoms with Crippen LogP contribution < -0.4 is 9.47 Å². The summed E-state index contributed by atoms with van der Waals surface area (Å²) in [5.74, 6) is 0.585. The normalized spacial score (nSPS) is 10.0. The second-order valence-electron chi connectivity index (χ2n) is 3.35. The Kier molecular flexibility index (Phi) is 4.30. The molecule has 0 radical (unpaired) electrons. The third kappa shape index (κ3) is 3.19. The molecule has 100 valence electrons. The lowest BCUT2D eigenvalue weighted by Gasteiger charge is -2.06. The number of rotatable bonds is 5. The van der Waals surface area contributed by atoms with Crippen molar-refractivity contribution in [3.8, 4) is 16.7 Å². The van der Waals surface area contributed by atoms with E-state index in [0.717, 1.165) is 11.3 Å². The number of para-hydroxylation sites is 2. The second-order valence-corrected chi connectivity index (χ2v) is 4.29. The van der Waals surface area contributed by atoms with E-state index in [1.54, 1.807) is 26.2 Å². The summed E-state index contributed by atoms with van der Waals surface area (Å²) in [4.78, 5) is 11.4. The Morgan fingerprint density at radius 3 is 2.68 bits per heavy atom. The monoisotopic (exact) mass is 280 g/mol. The molecule has 0 unspecified atom stereocenters. The molecule has 1 heterocycles. The summed E-state index contributed by atoms with van der Waals surface area (Å²) >= 11 is 1.02. The van der Waals surface area contributed by atoms with Crippen molar-refractivity contribution in [1.82, 2.24) is 10.2 Å². The van der Waals surface area contributed by atoms with Gasteiger partial charge in [-0.15, -0.1) is 5.10 Å². The number of hydrogen-bond acceptors (Lipinski definition) is 7. The number of aromatic nitrogens is 2. The van der Waals surface area contributed by atoms with E-state index in [0.29, 0.717) is 18.1 Å². The molecule has 7 heteroatoms. The third-order valence-electron chi connectivity index (χ3n) is 2.12. The molecule has 0 bridgehead atoms. The van der Waals surface area contributed by atoms with E-state index >= 15 is 0 Å². The quantitative estimate of drug-likeness (QED) is 0.784. The number of ether oxygens (including phenoxy) is 3. The fourth-order valence-electron chi connectivity index (χ4n) is 1.32. The van der Waals surface area contributed by atoms with Crippen LogP contribution in [0.2, 0.25) is 0 Å². The van der Waals surface area contributed by atoms with E-state index in [2.05, 4.69) is 10.2 Å².